The molecule has 0 unspecified atom stereocenters. The molecule has 4 rings (SSSR count). The first kappa shape index (κ1) is 28.7. The molecular formula is C26H30Cl2N4O4S2. The fourth-order valence-electron chi connectivity index (χ4n) is 4.24. The number of carbonyl (C=O) groups excluding carboxylic acids is 2. The number of hydrogen-bond donors (Lipinski definition) is 1. The average molecular weight is 598 g/mol. The van der Waals surface area contributed by atoms with Crippen molar-refractivity contribution >= 4 is 63.2 Å². The van der Waals surface area contributed by atoms with Crippen LogP contribution in [0.5, 0.6) is 5.75 Å². The molecule has 0 fully saturated rings. The number of thioether (sulfide) groups is 1. The van der Waals surface area contributed by atoms with Crippen molar-refractivity contribution in [3.8, 4) is 5.75 Å². The minimum Gasteiger partial charge on any atom is -0.492 e. The second kappa shape index (κ2) is 13.7. The smallest absolute Gasteiger partial charge is 0.341 e. The summed E-state index contributed by atoms with van der Waals surface area (Å²) >= 11 is 14.9. The predicted molar refractivity (Wildman–Crippen MR) is 152 cm³/mol. The summed E-state index contributed by atoms with van der Waals surface area (Å²) in [4.78, 5) is 26.7. The molecule has 3 aromatic rings. The van der Waals surface area contributed by atoms with Gasteiger partial charge < -0.3 is 19.4 Å². The van der Waals surface area contributed by atoms with E-state index in [0.29, 0.717) is 51.2 Å². The summed E-state index contributed by atoms with van der Waals surface area (Å²) in [7, 11) is 1.88. The van der Waals surface area contributed by atoms with E-state index < -0.39 is 0 Å². The van der Waals surface area contributed by atoms with Gasteiger partial charge in [-0.3, -0.25) is 4.79 Å². The summed E-state index contributed by atoms with van der Waals surface area (Å²) < 4.78 is 12.9. The molecule has 204 valence electrons. The molecule has 8 nitrogen and oxygen atoms in total. The van der Waals surface area contributed by atoms with Gasteiger partial charge in [-0.2, -0.15) is 0 Å². The molecule has 0 spiro atoms. The topological polar surface area (TPSA) is 95.3 Å². The van der Waals surface area contributed by atoms with Crippen LogP contribution in [0.4, 0.5) is 5.00 Å². The quantitative estimate of drug-likeness (QED) is 0.119. The number of nitrogens with zero attached hydrogens (tertiary/aromatic N) is 3. The minimum absolute atomic E-state index is 0.148. The SMILES string of the molecule is CCOC(=O)c1c(NC(=O)CSc2nnc(CCCOc3ccc(Cl)cc3Cl)n2C)sc2c1CCCCC2. The fraction of sp³-hybridized carbons (Fsp3) is 0.462. The maximum Gasteiger partial charge on any atom is 0.341 e. The molecule has 12 heteroatoms. The zero-order chi connectivity index (χ0) is 27.1. The van der Waals surface area contributed by atoms with E-state index >= 15 is 0 Å². The maximum atomic E-state index is 12.8. The van der Waals surface area contributed by atoms with Gasteiger partial charge in [0, 0.05) is 23.4 Å². The van der Waals surface area contributed by atoms with Crippen LogP contribution in [0.2, 0.25) is 10.0 Å². The molecule has 1 amide bonds. The number of nitrogens with one attached hydrogen (secondary N) is 1. The van der Waals surface area contributed by atoms with E-state index in [0.717, 1.165) is 49.9 Å². The number of anilines is 1. The van der Waals surface area contributed by atoms with E-state index in [1.165, 1.54) is 28.0 Å². The lowest BCUT2D eigenvalue weighted by atomic mass is 10.1. The molecule has 1 aromatic carbocycles. The highest BCUT2D eigenvalue weighted by molar-refractivity contribution is 7.99. The Balaban J connectivity index is 1.31. The van der Waals surface area contributed by atoms with Gasteiger partial charge >= 0.3 is 5.97 Å². The third-order valence-electron chi connectivity index (χ3n) is 6.11. The molecule has 1 N–H and O–H groups in total. The first-order valence-corrected chi connectivity index (χ1v) is 15.1. The van der Waals surface area contributed by atoms with E-state index in [9.17, 15) is 9.59 Å². The average Bonchev–Trinajstić information content (AvgIpc) is 3.31. The van der Waals surface area contributed by atoms with Crippen LogP contribution < -0.4 is 10.1 Å². The van der Waals surface area contributed by atoms with Crippen LogP contribution in [0.15, 0.2) is 23.4 Å². The molecule has 0 aliphatic heterocycles. The van der Waals surface area contributed by atoms with E-state index in [2.05, 4.69) is 15.5 Å². The van der Waals surface area contributed by atoms with Gasteiger partial charge in [0.2, 0.25) is 5.91 Å². The zero-order valence-electron chi connectivity index (χ0n) is 21.4. The van der Waals surface area contributed by atoms with Gasteiger partial charge in [-0.1, -0.05) is 41.4 Å². The standard InChI is InChI=1S/C26H30Cl2N4O4S2/c1-3-35-25(34)23-17-8-5-4-6-9-20(17)38-24(23)29-22(33)15-37-26-31-30-21(32(26)2)10-7-13-36-19-12-11-16(27)14-18(19)28/h11-12,14H,3-10,13,15H2,1-2H3,(H,29,33). The second-order valence-corrected chi connectivity index (χ2v) is 11.7. The van der Waals surface area contributed by atoms with Crippen LogP contribution in [0.1, 0.15) is 59.2 Å². The van der Waals surface area contributed by atoms with Crippen LogP contribution in [-0.4, -0.2) is 45.6 Å². The van der Waals surface area contributed by atoms with E-state index in [1.807, 2.05) is 11.6 Å². The number of fused-ring (bicyclic) bond motifs is 1. The Bertz CT molecular complexity index is 1290. The van der Waals surface area contributed by atoms with Gasteiger partial charge in [-0.05, 0) is 62.8 Å². The highest BCUT2D eigenvalue weighted by atomic mass is 35.5. The summed E-state index contributed by atoms with van der Waals surface area (Å²) in [5.74, 6) is 0.967. The van der Waals surface area contributed by atoms with Gasteiger partial charge in [-0.15, -0.1) is 21.5 Å². The molecule has 0 saturated carbocycles. The van der Waals surface area contributed by atoms with E-state index in [4.69, 9.17) is 32.7 Å². The molecule has 0 bridgehead atoms. The molecule has 0 radical (unpaired) electrons. The Kier molecular flexibility index (Phi) is 10.3. The Morgan fingerprint density at radius 2 is 2.00 bits per heavy atom. The summed E-state index contributed by atoms with van der Waals surface area (Å²) in [6, 6.07) is 5.12. The largest absolute Gasteiger partial charge is 0.492 e. The second-order valence-electron chi connectivity index (χ2n) is 8.81. The molecule has 1 aliphatic carbocycles. The highest BCUT2D eigenvalue weighted by Crippen LogP contribution is 2.38. The van der Waals surface area contributed by atoms with Crippen LogP contribution in [-0.2, 0) is 35.8 Å². The first-order valence-electron chi connectivity index (χ1n) is 12.6. The monoisotopic (exact) mass is 596 g/mol. The number of esters is 1. The zero-order valence-corrected chi connectivity index (χ0v) is 24.5. The lowest BCUT2D eigenvalue weighted by Crippen LogP contribution is -2.17. The fourth-order valence-corrected chi connectivity index (χ4v) is 6.72. The number of benzene rings is 1. The number of amides is 1. The van der Waals surface area contributed by atoms with Gasteiger partial charge in [-0.25, -0.2) is 4.79 Å². The number of rotatable bonds is 11. The van der Waals surface area contributed by atoms with Crippen molar-refractivity contribution < 1.29 is 19.1 Å². The summed E-state index contributed by atoms with van der Waals surface area (Å²) in [5.41, 5.74) is 1.56. The number of carbonyl (C=O) groups is 2. The highest BCUT2D eigenvalue weighted by Gasteiger charge is 2.26. The van der Waals surface area contributed by atoms with Crippen LogP contribution in [0.3, 0.4) is 0 Å². The lowest BCUT2D eigenvalue weighted by molar-refractivity contribution is -0.113. The van der Waals surface area contributed by atoms with Crippen molar-refractivity contribution in [2.45, 2.75) is 57.0 Å². The summed E-state index contributed by atoms with van der Waals surface area (Å²) in [5, 5.41) is 13.7. The van der Waals surface area contributed by atoms with Crippen LogP contribution >= 0.6 is 46.3 Å². The predicted octanol–water partition coefficient (Wildman–Crippen LogP) is 6.37. The van der Waals surface area contributed by atoms with Crippen molar-refractivity contribution in [3.63, 3.8) is 0 Å². The normalized spacial score (nSPS) is 13.1. The number of hydrogen-bond acceptors (Lipinski definition) is 8. The Hall–Kier alpha value is -2.27. The van der Waals surface area contributed by atoms with Crippen molar-refractivity contribution in [1.29, 1.82) is 0 Å². The molecule has 38 heavy (non-hydrogen) atoms. The van der Waals surface area contributed by atoms with Crippen LogP contribution in [0, 0.1) is 0 Å². The number of ether oxygens (including phenoxy) is 2. The Labute approximate surface area is 240 Å². The number of halogens is 2. The molecule has 0 atom stereocenters. The van der Waals surface area contributed by atoms with Gasteiger partial charge in [0.05, 0.1) is 29.6 Å². The number of aryl methyl sites for hydroxylation is 2. The van der Waals surface area contributed by atoms with Crippen molar-refractivity contribution in [2.24, 2.45) is 7.05 Å². The third-order valence-corrected chi connectivity index (χ3v) is 8.87. The Morgan fingerprint density at radius 1 is 1.18 bits per heavy atom. The third kappa shape index (κ3) is 7.22. The van der Waals surface area contributed by atoms with E-state index in [-0.39, 0.29) is 17.6 Å². The lowest BCUT2D eigenvalue weighted by Gasteiger charge is -2.09. The number of thiophene rings is 1. The van der Waals surface area contributed by atoms with E-state index in [1.54, 1.807) is 25.1 Å². The summed E-state index contributed by atoms with van der Waals surface area (Å²) in [6.07, 6.45) is 6.41. The van der Waals surface area contributed by atoms with Gasteiger partial charge in [0.1, 0.15) is 16.6 Å². The Morgan fingerprint density at radius 3 is 2.79 bits per heavy atom. The molecule has 2 heterocycles. The summed E-state index contributed by atoms with van der Waals surface area (Å²) in [6.45, 7) is 2.55. The first-order chi connectivity index (χ1) is 18.4. The molecule has 2 aromatic heterocycles. The van der Waals surface area contributed by atoms with Gasteiger partial charge in [0.15, 0.2) is 5.16 Å². The van der Waals surface area contributed by atoms with Crippen molar-refractivity contribution in [2.75, 3.05) is 24.3 Å². The molecule has 1 aliphatic rings. The molecular weight excluding hydrogens is 567 g/mol. The van der Waals surface area contributed by atoms with Crippen LogP contribution in [0.25, 0.3) is 0 Å². The number of aromatic nitrogens is 3. The van der Waals surface area contributed by atoms with Crippen molar-refractivity contribution in [3.05, 3.63) is 50.1 Å². The van der Waals surface area contributed by atoms with Crippen molar-refractivity contribution in [1.82, 2.24) is 14.8 Å². The van der Waals surface area contributed by atoms with Gasteiger partial charge in [0.25, 0.3) is 0 Å². The maximum absolute atomic E-state index is 12.8. The minimum atomic E-state index is -0.366. The molecule has 0 saturated heterocycles.